The van der Waals surface area contributed by atoms with Gasteiger partial charge < -0.3 is 14.2 Å². The minimum absolute atomic E-state index is 0.151. The lowest BCUT2D eigenvalue weighted by Crippen LogP contribution is -2.23. The molecule has 0 fully saturated rings. The average Bonchev–Trinajstić information content (AvgIpc) is 2.82. The molecule has 6 heteroatoms. The third kappa shape index (κ3) is 3.04. The van der Waals surface area contributed by atoms with Crippen molar-refractivity contribution in [1.29, 1.82) is 0 Å². The second-order valence-corrected chi connectivity index (χ2v) is 5.48. The van der Waals surface area contributed by atoms with Crippen molar-refractivity contribution in [2.24, 2.45) is 0 Å². The first-order chi connectivity index (χ1) is 9.56. The Kier molecular flexibility index (Phi) is 4.83. The van der Waals surface area contributed by atoms with Crippen LogP contribution in [0.3, 0.4) is 0 Å². The number of imidazole rings is 1. The summed E-state index contributed by atoms with van der Waals surface area (Å²) in [7, 11) is 3.71. The molecule has 0 bridgehead atoms. The molecule has 2 aromatic rings. The summed E-state index contributed by atoms with van der Waals surface area (Å²) < 4.78 is 7.28. The summed E-state index contributed by atoms with van der Waals surface area (Å²) in [5, 5.41) is -0.151. The van der Waals surface area contributed by atoms with Gasteiger partial charge in [0, 0.05) is 19.2 Å². The maximum Gasteiger partial charge on any atom is 0.215 e. The average molecular weight is 297 g/mol. The van der Waals surface area contributed by atoms with Gasteiger partial charge in [0.05, 0.1) is 12.5 Å². The standard InChI is InChI=1S/C14H21ClN4O/c1-5-18(3)8-9-19-13(10(2)15)16-11-6-7-12(20-4)17-14(11)19/h6-7,10H,5,8-9H2,1-4H3. The Labute approximate surface area is 124 Å². The molecule has 2 heterocycles. The maximum atomic E-state index is 6.25. The van der Waals surface area contributed by atoms with Gasteiger partial charge in [-0.25, -0.2) is 4.98 Å². The van der Waals surface area contributed by atoms with Crippen LogP contribution in [0.5, 0.6) is 5.88 Å². The molecule has 0 saturated heterocycles. The second-order valence-electron chi connectivity index (χ2n) is 4.83. The van der Waals surface area contributed by atoms with Crippen molar-refractivity contribution < 1.29 is 4.74 Å². The van der Waals surface area contributed by atoms with Gasteiger partial charge in [-0.3, -0.25) is 0 Å². The van der Waals surface area contributed by atoms with Crippen LogP contribution in [0.25, 0.3) is 11.2 Å². The van der Waals surface area contributed by atoms with Crippen molar-refractivity contribution in [2.75, 3.05) is 27.2 Å². The molecule has 0 saturated carbocycles. The van der Waals surface area contributed by atoms with E-state index in [4.69, 9.17) is 16.3 Å². The molecule has 1 atom stereocenters. The Bertz CT molecular complexity index is 582. The SMILES string of the molecule is CCN(C)CCn1c(C(C)Cl)nc2ccc(OC)nc21. The fraction of sp³-hybridized carbons (Fsp3) is 0.571. The lowest BCUT2D eigenvalue weighted by Gasteiger charge is -2.16. The van der Waals surface area contributed by atoms with Crippen LogP contribution in [0.2, 0.25) is 0 Å². The molecule has 5 nitrogen and oxygen atoms in total. The molecule has 0 aliphatic heterocycles. The van der Waals surface area contributed by atoms with E-state index >= 15 is 0 Å². The molecule has 1 unspecified atom stereocenters. The molecule has 110 valence electrons. The molecule has 0 spiro atoms. The number of aromatic nitrogens is 3. The highest BCUT2D eigenvalue weighted by molar-refractivity contribution is 6.20. The molecule has 0 aliphatic carbocycles. The Morgan fingerprint density at radius 2 is 2.15 bits per heavy atom. The number of nitrogens with zero attached hydrogens (tertiary/aromatic N) is 4. The molecule has 0 aromatic carbocycles. The highest BCUT2D eigenvalue weighted by Crippen LogP contribution is 2.25. The van der Waals surface area contributed by atoms with Crippen LogP contribution < -0.4 is 4.74 Å². The van der Waals surface area contributed by atoms with E-state index in [-0.39, 0.29) is 5.38 Å². The first-order valence-corrected chi connectivity index (χ1v) is 7.24. The number of alkyl halides is 1. The number of methoxy groups -OCH3 is 1. The predicted octanol–water partition coefficient (Wildman–Crippen LogP) is 2.69. The topological polar surface area (TPSA) is 43.2 Å². The van der Waals surface area contributed by atoms with Crippen molar-refractivity contribution in [3.63, 3.8) is 0 Å². The predicted molar refractivity (Wildman–Crippen MR) is 81.5 cm³/mol. The van der Waals surface area contributed by atoms with Crippen molar-refractivity contribution in [1.82, 2.24) is 19.4 Å². The largest absolute Gasteiger partial charge is 0.481 e. The van der Waals surface area contributed by atoms with Crippen LogP contribution in [-0.4, -0.2) is 46.7 Å². The molecule has 20 heavy (non-hydrogen) atoms. The zero-order chi connectivity index (χ0) is 14.7. The zero-order valence-corrected chi connectivity index (χ0v) is 13.2. The number of hydrogen-bond donors (Lipinski definition) is 0. The number of likely N-dealkylation sites (N-methyl/N-ethyl adjacent to an activating group) is 1. The number of pyridine rings is 1. The lowest BCUT2D eigenvalue weighted by atomic mass is 10.4. The van der Waals surface area contributed by atoms with Crippen LogP contribution in [0.1, 0.15) is 25.0 Å². The minimum Gasteiger partial charge on any atom is -0.481 e. The van der Waals surface area contributed by atoms with Gasteiger partial charge in [0.1, 0.15) is 11.3 Å². The monoisotopic (exact) mass is 296 g/mol. The van der Waals surface area contributed by atoms with E-state index in [9.17, 15) is 0 Å². The van der Waals surface area contributed by atoms with Gasteiger partial charge in [0.15, 0.2) is 5.65 Å². The third-order valence-corrected chi connectivity index (χ3v) is 3.60. The molecular weight excluding hydrogens is 276 g/mol. The Morgan fingerprint density at radius 1 is 1.40 bits per heavy atom. The van der Waals surface area contributed by atoms with Gasteiger partial charge in [-0.1, -0.05) is 6.92 Å². The normalized spacial score (nSPS) is 13.1. The number of rotatable bonds is 6. The summed E-state index contributed by atoms with van der Waals surface area (Å²) in [6.45, 7) is 6.82. The van der Waals surface area contributed by atoms with E-state index in [0.717, 1.165) is 36.6 Å². The fourth-order valence-corrected chi connectivity index (χ4v) is 2.24. The second kappa shape index (κ2) is 6.41. The smallest absolute Gasteiger partial charge is 0.215 e. The summed E-state index contributed by atoms with van der Waals surface area (Å²) in [4.78, 5) is 11.3. The van der Waals surface area contributed by atoms with Crippen LogP contribution >= 0.6 is 11.6 Å². The summed E-state index contributed by atoms with van der Waals surface area (Å²) >= 11 is 6.25. The molecular formula is C14H21ClN4O. The first-order valence-electron chi connectivity index (χ1n) is 6.80. The van der Waals surface area contributed by atoms with Crippen LogP contribution in [0, 0.1) is 0 Å². The Hall–Kier alpha value is -1.33. The molecule has 2 rings (SSSR count). The lowest BCUT2D eigenvalue weighted by molar-refractivity contribution is 0.334. The molecule has 0 radical (unpaired) electrons. The molecule has 0 N–H and O–H groups in total. The molecule has 0 amide bonds. The number of fused-ring (bicyclic) bond motifs is 1. The molecule has 2 aromatic heterocycles. The van der Waals surface area contributed by atoms with Crippen molar-refractivity contribution in [2.45, 2.75) is 25.8 Å². The number of hydrogen-bond acceptors (Lipinski definition) is 4. The van der Waals surface area contributed by atoms with Gasteiger partial charge in [-0.05, 0) is 26.6 Å². The maximum absolute atomic E-state index is 6.25. The minimum atomic E-state index is -0.151. The zero-order valence-electron chi connectivity index (χ0n) is 12.4. The number of ether oxygens (including phenoxy) is 1. The van der Waals surface area contributed by atoms with Crippen LogP contribution in [0.15, 0.2) is 12.1 Å². The van der Waals surface area contributed by atoms with Crippen LogP contribution in [-0.2, 0) is 6.54 Å². The third-order valence-electron chi connectivity index (χ3n) is 3.41. The van der Waals surface area contributed by atoms with Crippen molar-refractivity contribution >= 4 is 22.8 Å². The Balaban J connectivity index is 2.43. The van der Waals surface area contributed by atoms with Gasteiger partial charge in [0.25, 0.3) is 0 Å². The Morgan fingerprint density at radius 3 is 2.75 bits per heavy atom. The first kappa shape index (κ1) is 15.1. The fourth-order valence-electron chi connectivity index (χ4n) is 2.07. The van der Waals surface area contributed by atoms with Gasteiger partial charge in [-0.2, -0.15) is 4.98 Å². The van der Waals surface area contributed by atoms with Gasteiger partial charge in [0.2, 0.25) is 5.88 Å². The highest BCUT2D eigenvalue weighted by Gasteiger charge is 2.16. The quantitative estimate of drug-likeness (QED) is 0.769. The van der Waals surface area contributed by atoms with Crippen molar-refractivity contribution in [3.05, 3.63) is 18.0 Å². The number of halogens is 1. The van der Waals surface area contributed by atoms with Gasteiger partial charge >= 0.3 is 0 Å². The van der Waals surface area contributed by atoms with Crippen molar-refractivity contribution in [3.8, 4) is 5.88 Å². The van der Waals surface area contributed by atoms with E-state index in [1.807, 2.05) is 19.1 Å². The van der Waals surface area contributed by atoms with E-state index < -0.39 is 0 Å². The molecule has 0 aliphatic rings. The highest BCUT2D eigenvalue weighted by atomic mass is 35.5. The van der Waals surface area contributed by atoms with E-state index in [1.165, 1.54) is 0 Å². The summed E-state index contributed by atoms with van der Waals surface area (Å²) in [6, 6.07) is 3.74. The van der Waals surface area contributed by atoms with Crippen LogP contribution in [0.4, 0.5) is 0 Å². The van der Waals surface area contributed by atoms with E-state index in [2.05, 4.69) is 33.4 Å². The van der Waals surface area contributed by atoms with Gasteiger partial charge in [-0.15, -0.1) is 11.6 Å². The summed E-state index contributed by atoms with van der Waals surface area (Å²) in [6.07, 6.45) is 0. The van der Waals surface area contributed by atoms with E-state index in [1.54, 1.807) is 7.11 Å². The summed E-state index contributed by atoms with van der Waals surface area (Å²) in [5.74, 6) is 1.45. The summed E-state index contributed by atoms with van der Waals surface area (Å²) in [5.41, 5.74) is 1.68. The van der Waals surface area contributed by atoms with E-state index in [0.29, 0.717) is 5.88 Å².